The Morgan fingerprint density at radius 2 is 1.93 bits per heavy atom. The van der Waals surface area contributed by atoms with Crippen molar-refractivity contribution in [2.24, 2.45) is 0 Å². The topological polar surface area (TPSA) is 72.7 Å². The third-order valence-corrected chi connectivity index (χ3v) is 6.73. The van der Waals surface area contributed by atoms with Crippen molar-refractivity contribution in [2.75, 3.05) is 5.32 Å². The van der Waals surface area contributed by atoms with Crippen molar-refractivity contribution in [1.82, 2.24) is 20.0 Å². The Morgan fingerprint density at radius 1 is 1.14 bits per heavy atom. The van der Waals surface area contributed by atoms with Gasteiger partial charge in [-0.05, 0) is 42.0 Å². The van der Waals surface area contributed by atoms with Gasteiger partial charge in [0.15, 0.2) is 8.29 Å². The van der Waals surface area contributed by atoms with E-state index in [0.717, 1.165) is 15.8 Å². The Labute approximate surface area is 178 Å². The highest BCUT2D eigenvalue weighted by Gasteiger charge is 2.10. The van der Waals surface area contributed by atoms with Crippen molar-refractivity contribution in [3.63, 3.8) is 0 Å². The molecule has 1 N–H and O–H groups in total. The van der Waals surface area contributed by atoms with E-state index in [1.54, 1.807) is 34.1 Å². The normalized spacial score (nSPS) is 10.7. The standard InChI is InChI=1S/C18H13N5OS4/c24-15(20-16-21-19-11-27-16)13-6-8-14(9-7-13)23-18(25)28-17(22-23)26-10-12-4-2-1-3-5-12/h1-9,11H,10H2,(H,20,21,24). The summed E-state index contributed by atoms with van der Waals surface area (Å²) in [5, 5.41) is 15.3. The lowest BCUT2D eigenvalue weighted by atomic mass is 10.2. The zero-order valence-corrected chi connectivity index (χ0v) is 17.6. The SMILES string of the molecule is O=C(Nc1nncs1)c1ccc(-n2nc(SCc3ccccc3)sc2=S)cc1. The summed E-state index contributed by atoms with van der Waals surface area (Å²) in [4.78, 5) is 12.2. The summed E-state index contributed by atoms with van der Waals surface area (Å²) >= 11 is 9.87. The molecule has 4 aromatic rings. The van der Waals surface area contributed by atoms with Gasteiger partial charge >= 0.3 is 0 Å². The van der Waals surface area contributed by atoms with Gasteiger partial charge in [0, 0.05) is 11.3 Å². The molecule has 6 nitrogen and oxygen atoms in total. The fourth-order valence-electron chi connectivity index (χ4n) is 2.35. The number of thioether (sulfide) groups is 1. The van der Waals surface area contributed by atoms with Gasteiger partial charge in [-0.3, -0.25) is 10.1 Å². The fraction of sp³-hybridized carbons (Fsp3) is 0.0556. The van der Waals surface area contributed by atoms with Gasteiger partial charge in [-0.15, -0.1) is 15.3 Å². The first-order valence-corrected chi connectivity index (χ1v) is 11.2. The van der Waals surface area contributed by atoms with Gasteiger partial charge in [-0.2, -0.15) is 0 Å². The predicted octanol–water partition coefficient (Wildman–Crippen LogP) is 5.06. The lowest BCUT2D eigenvalue weighted by Crippen LogP contribution is -2.11. The number of anilines is 1. The highest BCUT2D eigenvalue weighted by atomic mass is 32.2. The Bertz CT molecular complexity index is 1120. The molecule has 0 atom stereocenters. The average Bonchev–Trinajstić information content (AvgIpc) is 3.37. The molecule has 1 amide bonds. The van der Waals surface area contributed by atoms with E-state index in [9.17, 15) is 4.79 Å². The molecular formula is C18H13N5OS4. The number of hydrogen-bond acceptors (Lipinski definition) is 8. The molecule has 0 aliphatic rings. The van der Waals surface area contributed by atoms with Crippen LogP contribution in [0.1, 0.15) is 15.9 Å². The zero-order valence-electron chi connectivity index (χ0n) is 14.3. The van der Waals surface area contributed by atoms with Crippen LogP contribution in [0.25, 0.3) is 5.69 Å². The molecule has 0 radical (unpaired) electrons. The lowest BCUT2D eigenvalue weighted by molar-refractivity contribution is 0.102. The molecule has 2 aromatic heterocycles. The maximum atomic E-state index is 12.2. The number of benzene rings is 2. The monoisotopic (exact) mass is 443 g/mol. The molecule has 0 unspecified atom stereocenters. The van der Waals surface area contributed by atoms with Gasteiger partial charge in [-0.1, -0.05) is 64.8 Å². The third-order valence-electron chi connectivity index (χ3n) is 3.69. The number of aromatic nitrogens is 4. The van der Waals surface area contributed by atoms with Gasteiger partial charge in [-0.25, -0.2) is 4.68 Å². The molecule has 0 fully saturated rings. The van der Waals surface area contributed by atoms with Crippen molar-refractivity contribution < 1.29 is 4.79 Å². The van der Waals surface area contributed by atoms with E-state index in [4.69, 9.17) is 12.2 Å². The van der Waals surface area contributed by atoms with E-state index >= 15 is 0 Å². The highest BCUT2D eigenvalue weighted by molar-refractivity contribution is 8.00. The summed E-state index contributed by atoms with van der Waals surface area (Å²) in [5.41, 5.74) is 4.15. The third kappa shape index (κ3) is 4.53. The largest absolute Gasteiger partial charge is 0.296 e. The van der Waals surface area contributed by atoms with Crippen LogP contribution in [0.2, 0.25) is 0 Å². The Kier molecular flexibility index (Phi) is 5.91. The molecular weight excluding hydrogens is 431 g/mol. The van der Waals surface area contributed by atoms with Gasteiger partial charge in [0.2, 0.25) is 5.13 Å². The number of nitrogens with zero attached hydrogens (tertiary/aromatic N) is 4. The first-order chi connectivity index (χ1) is 13.7. The number of nitrogens with one attached hydrogen (secondary N) is 1. The fourth-order valence-corrected chi connectivity index (χ4v) is 5.11. The second-order valence-electron chi connectivity index (χ2n) is 5.56. The van der Waals surface area contributed by atoms with Crippen molar-refractivity contribution >= 4 is 57.7 Å². The lowest BCUT2D eigenvalue weighted by Gasteiger charge is -2.04. The van der Waals surface area contributed by atoms with Crippen LogP contribution in [-0.2, 0) is 5.75 Å². The van der Waals surface area contributed by atoms with Crippen molar-refractivity contribution in [3.05, 3.63) is 75.2 Å². The number of rotatable bonds is 6. The van der Waals surface area contributed by atoms with Crippen LogP contribution in [0.3, 0.4) is 0 Å². The highest BCUT2D eigenvalue weighted by Crippen LogP contribution is 2.27. The molecule has 0 bridgehead atoms. The van der Waals surface area contributed by atoms with Crippen molar-refractivity contribution in [1.29, 1.82) is 0 Å². The van der Waals surface area contributed by atoms with Crippen LogP contribution in [-0.4, -0.2) is 25.9 Å². The zero-order chi connectivity index (χ0) is 19.3. The van der Waals surface area contributed by atoms with Gasteiger partial charge < -0.3 is 0 Å². The first kappa shape index (κ1) is 18.9. The number of hydrogen-bond donors (Lipinski definition) is 1. The Hall–Kier alpha value is -2.40. The number of carbonyl (C=O) groups is 1. The average molecular weight is 444 g/mol. The maximum absolute atomic E-state index is 12.2. The van der Waals surface area contributed by atoms with Gasteiger partial charge in [0.05, 0.1) is 5.69 Å². The molecule has 0 saturated carbocycles. The molecule has 4 rings (SSSR count). The van der Waals surface area contributed by atoms with Crippen LogP contribution in [0, 0.1) is 3.95 Å². The van der Waals surface area contributed by atoms with Gasteiger partial charge in [0.1, 0.15) is 5.51 Å². The van der Waals surface area contributed by atoms with Crippen LogP contribution < -0.4 is 5.32 Å². The minimum atomic E-state index is -0.232. The Balaban J connectivity index is 1.46. The maximum Gasteiger partial charge on any atom is 0.257 e. The van der Waals surface area contributed by atoms with Crippen LogP contribution in [0.5, 0.6) is 0 Å². The summed E-state index contributed by atoms with van der Waals surface area (Å²) in [7, 11) is 0. The summed E-state index contributed by atoms with van der Waals surface area (Å²) < 4.78 is 3.30. The van der Waals surface area contributed by atoms with E-state index in [2.05, 4.69) is 32.7 Å². The molecule has 0 aliphatic heterocycles. The van der Waals surface area contributed by atoms with E-state index < -0.39 is 0 Å². The summed E-state index contributed by atoms with van der Waals surface area (Å²) in [5.74, 6) is 0.609. The number of amides is 1. The molecule has 140 valence electrons. The smallest absolute Gasteiger partial charge is 0.257 e. The van der Waals surface area contributed by atoms with E-state index in [1.807, 2.05) is 30.3 Å². The minimum absolute atomic E-state index is 0.232. The molecule has 0 aliphatic carbocycles. The van der Waals surface area contributed by atoms with Crippen molar-refractivity contribution in [3.8, 4) is 5.69 Å². The molecule has 10 heteroatoms. The Morgan fingerprint density at radius 3 is 2.64 bits per heavy atom. The molecule has 28 heavy (non-hydrogen) atoms. The minimum Gasteiger partial charge on any atom is -0.296 e. The number of carbonyl (C=O) groups excluding carboxylic acids is 1. The van der Waals surface area contributed by atoms with Crippen LogP contribution in [0.15, 0.2) is 64.4 Å². The second kappa shape index (κ2) is 8.74. The summed E-state index contributed by atoms with van der Waals surface area (Å²) in [6.07, 6.45) is 0. The molecule has 2 heterocycles. The molecule has 0 spiro atoms. The predicted molar refractivity (Wildman–Crippen MR) is 116 cm³/mol. The van der Waals surface area contributed by atoms with E-state index in [0.29, 0.717) is 14.6 Å². The summed E-state index contributed by atoms with van der Waals surface area (Å²) in [6.45, 7) is 0. The quantitative estimate of drug-likeness (QED) is 0.332. The van der Waals surface area contributed by atoms with Gasteiger partial charge in [0.25, 0.3) is 5.91 Å². The molecule has 2 aromatic carbocycles. The first-order valence-electron chi connectivity index (χ1n) is 8.14. The van der Waals surface area contributed by atoms with Crippen LogP contribution >= 0.6 is 46.7 Å². The molecule has 0 saturated heterocycles. The van der Waals surface area contributed by atoms with E-state index in [1.165, 1.54) is 28.2 Å². The summed E-state index contributed by atoms with van der Waals surface area (Å²) in [6, 6.07) is 17.4. The van der Waals surface area contributed by atoms with E-state index in [-0.39, 0.29) is 5.91 Å². The second-order valence-corrected chi connectivity index (χ2v) is 9.24. The van der Waals surface area contributed by atoms with Crippen molar-refractivity contribution in [2.45, 2.75) is 10.1 Å². The van der Waals surface area contributed by atoms with Crippen LogP contribution in [0.4, 0.5) is 5.13 Å².